The zero-order valence-electron chi connectivity index (χ0n) is 9.85. The minimum atomic E-state index is -0.563. The Balaban J connectivity index is 3.39. The summed E-state index contributed by atoms with van der Waals surface area (Å²) in [5, 5.41) is 0. The Morgan fingerprint density at radius 3 is 1.56 bits per heavy atom. The minimum absolute atomic E-state index is 0.334. The largest absolute Gasteiger partial charge is 0.366 e. The SMILES string of the molecule is NC(=O)c1cc(C(N)=O)c(CCS)cc1CCS. The summed E-state index contributed by atoms with van der Waals surface area (Å²) in [6.07, 6.45) is 1.22. The van der Waals surface area contributed by atoms with Gasteiger partial charge in [-0.1, -0.05) is 6.07 Å². The lowest BCUT2D eigenvalue weighted by molar-refractivity contribution is 0.0998. The minimum Gasteiger partial charge on any atom is -0.366 e. The van der Waals surface area contributed by atoms with Crippen molar-refractivity contribution in [2.24, 2.45) is 11.5 Å². The highest BCUT2D eigenvalue weighted by atomic mass is 32.1. The Hall–Kier alpha value is -1.14. The quantitative estimate of drug-likeness (QED) is 0.583. The van der Waals surface area contributed by atoms with Gasteiger partial charge in [0, 0.05) is 11.1 Å². The molecule has 1 rings (SSSR count). The number of hydrogen-bond donors (Lipinski definition) is 4. The van der Waals surface area contributed by atoms with Crippen molar-refractivity contribution in [2.75, 3.05) is 11.5 Å². The lowest BCUT2D eigenvalue weighted by Gasteiger charge is -2.12. The standard InChI is InChI=1S/C12H16N2O2S2/c13-11(15)9-6-10(12(14)16)8(2-4-18)5-7(9)1-3-17/h5-6,17-18H,1-4H2,(H2,13,15)(H2,14,16). The molecule has 0 aliphatic rings. The van der Waals surface area contributed by atoms with E-state index in [1.807, 2.05) is 0 Å². The zero-order valence-corrected chi connectivity index (χ0v) is 11.6. The molecule has 1 aromatic carbocycles. The summed E-state index contributed by atoms with van der Waals surface area (Å²) in [5.41, 5.74) is 12.9. The number of aryl methyl sites for hydroxylation is 2. The normalized spacial score (nSPS) is 10.3. The molecule has 0 heterocycles. The highest BCUT2D eigenvalue weighted by Gasteiger charge is 2.15. The fraction of sp³-hybridized carbons (Fsp3) is 0.333. The number of amides is 2. The molecule has 0 spiro atoms. The Labute approximate surface area is 117 Å². The van der Waals surface area contributed by atoms with Crippen LogP contribution in [0.4, 0.5) is 0 Å². The smallest absolute Gasteiger partial charge is 0.249 e. The number of carbonyl (C=O) groups excluding carboxylic acids is 2. The van der Waals surface area contributed by atoms with Crippen LogP contribution in [0.5, 0.6) is 0 Å². The number of thiol groups is 2. The highest BCUT2D eigenvalue weighted by Crippen LogP contribution is 2.19. The van der Waals surface area contributed by atoms with Crippen molar-refractivity contribution in [1.29, 1.82) is 0 Å². The van der Waals surface area contributed by atoms with Crippen LogP contribution in [0.2, 0.25) is 0 Å². The predicted octanol–water partition coefficient (Wildman–Crippen LogP) is 0.829. The van der Waals surface area contributed by atoms with Gasteiger partial charge in [0.05, 0.1) is 0 Å². The maximum absolute atomic E-state index is 11.4. The summed E-state index contributed by atoms with van der Waals surface area (Å²) in [6.45, 7) is 0. The van der Waals surface area contributed by atoms with Gasteiger partial charge in [0.1, 0.15) is 0 Å². The molecule has 0 radical (unpaired) electrons. The van der Waals surface area contributed by atoms with E-state index >= 15 is 0 Å². The number of nitrogens with two attached hydrogens (primary N) is 2. The summed E-state index contributed by atoms with van der Waals surface area (Å²) in [7, 11) is 0. The summed E-state index contributed by atoms with van der Waals surface area (Å²) >= 11 is 8.28. The molecule has 1 aromatic rings. The summed E-state index contributed by atoms with van der Waals surface area (Å²) in [6, 6.07) is 3.27. The Bertz CT molecular complexity index is 436. The van der Waals surface area contributed by atoms with Crippen LogP contribution in [0, 0.1) is 0 Å². The lowest BCUT2D eigenvalue weighted by atomic mass is 9.94. The molecule has 4 N–H and O–H groups in total. The Kier molecular flexibility index (Phi) is 5.55. The van der Waals surface area contributed by atoms with E-state index in [2.05, 4.69) is 25.3 Å². The van der Waals surface area contributed by atoms with Crippen molar-refractivity contribution in [2.45, 2.75) is 12.8 Å². The molecular weight excluding hydrogens is 268 g/mol. The van der Waals surface area contributed by atoms with E-state index in [1.165, 1.54) is 6.07 Å². The van der Waals surface area contributed by atoms with Crippen LogP contribution in [-0.2, 0) is 12.8 Å². The lowest BCUT2D eigenvalue weighted by Crippen LogP contribution is -2.20. The first-order valence-corrected chi connectivity index (χ1v) is 6.74. The fourth-order valence-electron chi connectivity index (χ4n) is 1.81. The van der Waals surface area contributed by atoms with Crippen molar-refractivity contribution in [1.82, 2.24) is 0 Å². The van der Waals surface area contributed by atoms with Crippen molar-refractivity contribution >= 4 is 37.1 Å². The van der Waals surface area contributed by atoms with Crippen molar-refractivity contribution in [3.8, 4) is 0 Å². The number of primary amides is 2. The first kappa shape index (κ1) is 14.9. The fourth-order valence-corrected chi connectivity index (χ4v) is 2.29. The first-order chi connectivity index (χ1) is 8.51. The molecule has 0 saturated heterocycles. The van der Waals surface area contributed by atoms with Gasteiger partial charge < -0.3 is 11.5 Å². The molecule has 0 unspecified atom stereocenters. The van der Waals surface area contributed by atoms with Crippen LogP contribution in [-0.4, -0.2) is 23.3 Å². The Morgan fingerprint density at radius 1 is 0.889 bits per heavy atom. The van der Waals surface area contributed by atoms with E-state index < -0.39 is 11.8 Å². The molecule has 6 heteroatoms. The molecule has 0 aliphatic carbocycles. The third kappa shape index (κ3) is 3.43. The number of hydrogen-bond acceptors (Lipinski definition) is 4. The van der Waals surface area contributed by atoms with Gasteiger partial charge in [0.25, 0.3) is 0 Å². The maximum Gasteiger partial charge on any atom is 0.249 e. The molecule has 98 valence electrons. The van der Waals surface area contributed by atoms with Gasteiger partial charge in [-0.25, -0.2) is 0 Å². The van der Waals surface area contributed by atoms with Crippen molar-refractivity contribution in [3.05, 3.63) is 34.4 Å². The van der Waals surface area contributed by atoms with E-state index in [0.717, 1.165) is 11.1 Å². The predicted molar refractivity (Wildman–Crippen MR) is 78.6 cm³/mol. The van der Waals surface area contributed by atoms with E-state index in [9.17, 15) is 9.59 Å². The number of benzene rings is 1. The summed E-state index contributed by atoms with van der Waals surface area (Å²) in [5.74, 6) is 0.0611. The molecule has 0 fully saturated rings. The number of rotatable bonds is 6. The molecule has 0 bridgehead atoms. The van der Waals surface area contributed by atoms with Crippen LogP contribution < -0.4 is 11.5 Å². The average molecular weight is 284 g/mol. The molecular formula is C12H16N2O2S2. The maximum atomic E-state index is 11.4. The van der Waals surface area contributed by atoms with Crippen LogP contribution in [0.1, 0.15) is 31.8 Å². The van der Waals surface area contributed by atoms with Gasteiger partial charge in [-0.3, -0.25) is 9.59 Å². The van der Waals surface area contributed by atoms with E-state index in [4.69, 9.17) is 11.5 Å². The zero-order chi connectivity index (χ0) is 13.7. The second-order valence-electron chi connectivity index (χ2n) is 3.84. The molecule has 0 aliphatic heterocycles. The van der Waals surface area contributed by atoms with Gasteiger partial charge in [-0.15, -0.1) is 0 Å². The highest BCUT2D eigenvalue weighted by molar-refractivity contribution is 7.80. The van der Waals surface area contributed by atoms with Gasteiger partial charge in [-0.2, -0.15) is 25.3 Å². The van der Waals surface area contributed by atoms with Gasteiger partial charge >= 0.3 is 0 Å². The van der Waals surface area contributed by atoms with Crippen molar-refractivity contribution in [3.63, 3.8) is 0 Å². The van der Waals surface area contributed by atoms with Crippen molar-refractivity contribution < 1.29 is 9.59 Å². The molecule has 0 atom stereocenters. The average Bonchev–Trinajstić information content (AvgIpc) is 2.29. The molecule has 2 amide bonds. The molecule has 0 saturated carbocycles. The number of carbonyl (C=O) groups is 2. The first-order valence-electron chi connectivity index (χ1n) is 5.48. The van der Waals surface area contributed by atoms with Crippen LogP contribution in [0.25, 0.3) is 0 Å². The molecule has 18 heavy (non-hydrogen) atoms. The topological polar surface area (TPSA) is 86.2 Å². The molecule has 0 aromatic heterocycles. The molecule has 4 nitrogen and oxygen atoms in total. The van der Waals surface area contributed by atoms with E-state index in [0.29, 0.717) is 35.5 Å². The van der Waals surface area contributed by atoms with Gasteiger partial charge in [-0.05, 0) is 41.5 Å². The van der Waals surface area contributed by atoms with Crippen LogP contribution >= 0.6 is 25.3 Å². The summed E-state index contributed by atoms with van der Waals surface area (Å²) in [4.78, 5) is 22.7. The van der Waals surface area contributed by atoms with E-state index in [-0.39, 0.29) is 0 Å². The van der Waals surface area contributed by atoms with Crippen LogP contribution in [0.15, 0.2) is 12.1 Å². The summed E-state index contributed by atoms with van der Waals surface area (Å²) < 4.78 is 0. The van der Waals surface area contributed by atoms with Gasteiger partial charge in [0.15, 0.2) is 0 Å². The van der Waals surface area contributed by atoms with E-state index in [1.54, 1.807) is 6.07 Å². The monoisotopic (exact) mass is 284 g/mol. The van der Waals surface area contributed by atoms with Gasteiger partial charge in [0.2, 0.25) is 11.8 Å². The third-order valence-corrected chi connectivity index (χ3v) is 3.07. The van der Waals surface area contributed by atoms with Crippen LogP contribution in [0.3, 0.4) is 0 Å². The second kappa shape index (κ2) is 6.70. The second-order valence-corrected chi connectivity index (χ2v) is 4.74. The Morgan fingerprint density at radius 2 is 1.28 bits per heavy atom. The third-order valence-electron chi connectivity index (χ3n) is 2.62.